The van der Waals surface area contributed by atoms with E-state index in [-0.39, 0.29) is 11.8 Å². The lowest BCUT2D eigenvalue weighted by Gasteiger charge is -2.18. The summed E-state index contributed by atoms with van der Waals surface area (Å²) in [5.74, 6) is -0.674. The van der Waals surface area contributed by atoms with Crippen molar-refractivity contribution in [2.24, 2.45) is 0 Å². The zero-order chi connectivity index (χ0) is 41.4. The highest BCUT2D eigenvalue weighted by atomic mass is 16.2. The van der Waals surface area contributed by atoms with E-state index >= 15 is 4.79 Å². The number of aryl methyl sites for hydroxylation is 6. The molecule has 10 rings (SSSR count). The molecule has 0 bridgehead atoms. The van der Waals surface area contributed by atoms with Crippen LogP contribution in [0.5, 0.6) is 0 Å². The van der Waals surface area contributed by atoms with Gasteiger partial charge in [-0.25, -0.2) is 4.90 Å². The molecular formula is C56H44N2O2. The fourth-order valence-electron chi connectivity index (χ4n) is 9.88. The van der Waals surface area contributed by atoms with Crippen LogP contribution in [0, 0.1) is 41.5 Å². The van der Waals surface area contributed by atoms with Gasteiger partial charge in [0.1, 0.15) is 0 Å². The molecule has 1 aromatic heterocycles. The predicted molar refractivity (Wildman–Crippen MR) is 249 cm³/mol. The fourth-order valence-corrected chi connectivity index (χ4v) is 9.88. The van der Waals surface area contributed by atoms with Gasteiger partial charge in [-0.2, -0.15) is 0 Å². The van der Waals surface area contributed by atoms with Crippen molar-refractivity contribution in [1.82, 2.24) is 4.57 Å². The normalized spacial score (nSPS) is 12.5. The van der Waals surface area contributed by atoms with Crippen LogP contribution in [0.1, 0.15) is 54.1 Å². The molecule has 0 fully saturated rings. The maximum atomic E-state index is 15.2. The maximum absolute atomic E-state index is 15.2. The van der Waals surface area contributed by atoms with E-state index in [2.05, 4.69) is 137 Å². The number of hydrogen-bond acceptors (Lipinski definition) is 2. The van der Waals surface area contributed by atoms with Gasteiger partial charge < -0.3 is 4.57 Å². The number of aromatic nitrogens is 1. The molecule has 0 N–H and O–H groups in total. The number of amides is 2. The smallest absolute Gasteiger partial charge is 0.268 e. The molecule has 9 aromatic rings. The second-order valence-electron chi connectivity index (χ2n) is 16.5. The maximum Gasteiger partial charge on any atom is 0.268 e. The highest BCUT2D eigenvalue weighted by molar-refractivity contribution is 6.36. The molecule has 2 amide bonds. The molecule has 8 aromatic carbocycles. The first-order valence-corrected chi connectivity index (χ1v) is 20.6. The Hall–Kier alpha value is -7.30. The number of hydrogen-bond donors (Lipinski definition) is 0. The summed E-state index contributed by atoms with van der Waals surface area (Å²) in [6, 6.07) is 54.3. The van der Waals surface area contributed by atoms with Gasteiger partial charge in [0.05, 0.1) is 33.5 Å². The van der Waals surface area contributed by atoms with Gasteiger partial charge in [-0.15, -0.1) is 0 Å². The van der Waals surface area contributed by atoms with Gasteiger partial charge in [0.15, 0.2) is 0 Å². The molecule has 0 saturated carbocycles. The molecular weight excluding hydrogens is 733 g/mol. The van der Waals surface area contributed by atoms with Crippen LogP contribution in [-0.4, -0.2) is 16.4 Å². The zero-order valence-electron chi connectivity index (χ0n) is 34.7. The van der Waals surface area contributed by atoms with Gasteiger partial charge >= 0.3 is 0 Å². The largest absolute Gasteiger partial charge is 0.308 e. The van der Waals surface area contributed by atoms with Crippen molar-refractivity contribution in [3.63, 3.8) is 0 Å². The number of benzene rings is 8. The van der Waals surface area contributed by atoms with E-state index in [4.69, 9.17) is 0 Å². The Labute approximate surface area is 351 Å². The van der Waals surface area contributed by atoms with Gasteiger partial charge in [0.2, 0.25) is 0 Å². The Bertz CT molecular complexity index is 3030. The molecule has 290 valence electrons. The van der Waals surface area contributed by atoms with Crippen LogP contribution >= 0.6 is 0 Å². The Balaban J connectivity index is 1.21. The molecule has 0 spiro atoms. The highest BCUT2D eigenvalue weighted by Crippen LogP contribution is 2.43. The molecule has 0 atom stereocenters. The van der Waals surface area contributed by atoms with Crippen LogP contribution in [0.25, 0.3) is 72.0 Å². The first-order chi connectivity index (χ1) is 29.0. The standard InChI is InChI=1S/C56H44N2O2/c1-33-24-35(3)52(36(4)25-33)41-20-22-46-47-23-21-42(53-37(5)26-34(2)27-38(53)6)32-51(47)58(50(46)31-41)49-19-13-18-48-54(49)56(60)57(55(48)59)45-29-43(39-14-9-7-10-15-39)28-44(30-45)40-16-11-8-12-17-40/h7-32H,1-6H3. The summed E-state index contributed by atoms with van der Waals surface area (Å²) in [5.41, 5.74) is 19.8. The van der Waals surface area contributed by atoms with Crippen LogP contribution in [0.2, 0.25) is 0 Å². The fraction of sp³-hybridized carbons (Fsp3) is 0.107. The van der Waals surface area contributed by atoms with E-state index in [9.17, 15) is 4.79 Å². The molecule has 4 nitrogen and oxygen atoms in total. The lowest BCUT2D eigenvalue weighted by molar-refractivity contribution is 0.0926. The number of fused-ring (bicyclic) bond motifs is 4. The number of carbonyl (C=O) groups excluding carboxylic acids is 2. The Kier molecular flexibility index (Phi) is 8.76. The monoisotopic (exact) mass is 776 g/mol. The third-order valence-corrected chi connectivity index (χ3v) is 12.2. The molecule has 4 heteroatoms. The van der Waals surface area contributed by atoms with Crippen molar-refractivity contribution in [3.05, 3.63) is 202 Å². The van der Waals surface area contributed by atoms with Crippen LogP contribution in [-0.2, 0) is 0 Å². The topological polar surface area (TPSA) is 42.3 Å². The number of imide groups is 1. The summed E-state index contributed by atoms with van der Waals surface area (Å²) in [6.45, 7) is 13.0. The second kappa shape index (κ2) is 14.2. The minimum absolute atomic E-state index is 0.333. The molecule has 0 saturated heterocycles. The molecule has 0 radical (unpaired) electrons. The van der Waals surface area contributed by atoms with Gasteiger partial charge in [-0.05, 0) is 151 Å². The van der Waals surface area contributed by atoms with Gasteiger partial charge in [-0.3, -0.25) is 9.59 Å². The molecule has 2 heterocycles. The average molecular weight is 777 g/mol. The van der Waals surface area contributed by atoms with Crippen molar-refractivity contribution in [1.29, 1.82) is 0 Å². The van der Waals surface area contributed by atoms with E-state index < -0.39 is 0 Å². The Morgan fingerprint density at radius 2 is 0.833 bits per heavy atom. The number of rotatable bonds is 6. The predicted octanol–water partition coefficient (Wildman–Crippen LogP) is 14.1. The van der Waals surface area contributed by atoms with Crippen molar-refractivity contribution in [3.8, 4) is 50.2 Å². The van der Waals surface area contributed by atoms with Crippen LogP contribution in [0.3, 0.4) is 0 Å². The third-order valence-electron chi connectivity index (χ3n) is 12.2. The molecule has 0 aliphatic carbocycles. The molecule has 1 aliphatic rings. The van der Waals surface area contributed by atoms with E-state index in [0.717, 1.165) is 55.2 Å². The van der Waals surface area contributed by atoms with Gasteiger partial charge in [0, 0.05) is 10.8 Å². The first kappa shape index (κ1) is 37.0. The summed E-state index contributed by atoms with van der Waals surface area (Å²) in [4.78, 5) is 31.3. The second-order valence-corrected chi connectivity index (χ2v) is 16.5. The lowest BCUT2D eigenvalue weighted by Crippen LogP contribution is -2.29. The van der Waals surface area contributed by atoms with Crippen molar-refractivity contribution in [2.45, 2.75) is 41.5 Å². The van der Waals surface area contributed by atoms with Gasteiger partial charge in [-0.1, -0.05) is 126 Å². The first-order valence-electron chi connectivity index (χ1n) is 20.6. The molecule has 60 heavy (non-hydrogen) atoms. The summed E-state index contributed by atoms with van der Waals surface area (Å²) >= 11 is 0. The van der Waals surface area contributed by atoms with Crippen LogP contribution in [0.4, 0.5) is 5.69 Å². The summed E-state index contributed by atoms with van der Waals surface area (Å²) < 4.78 is 2.22. The number of nitrogens with zero attached hydrogens (tertiary/aromatic N) is 2. The van der Waals surface area contributed by atoms with Crippen molar-refractivity contribution < 1.29 is 9.59 Å². The van der Waals surface area contributed by atoms with E-state index in [1.807, 2.05) is 60.7 Å². The minimum atomic E-state index is -0.340. The SMILES string of the molecule is Cc1cc(C)c(-c2ccc3c4ccc(-c5c(C)cc(C)cc5C)cc4n(-c4cccc5c4C(=O)N(c4cc(-c6ccccc6)cc(-c6ccccc6)c4)C5=O)c3c2)c(C)c1. The third kappa shape index (κ3) is 5.98. The summed E-state index contributed by atoms with van der Waals surface area (Å²) in [5, 5.41) is 2.16. The van der Waals surface area contributed by atoms with Crippen molar-refractivity contribution >= 4 is 39.3 Å². The lowest BCUT2D eigenvalue weighted by atomic mass is 9.92. The quantitative estimate of drug-likeness (QED) is 0.158. The van der Waals surface area contributed by atoms with Crippen LogP contribution in [0.15, 0.2) is 158 Å². The van der Waals surface area contributed by atoms with E-state index in [1.165, 1.54) is 49.4 Å². The summed E-state index contributed by atoms with van der Waals surface area (Å²) in [6.07, 6.45) is 0. The minimum Gasteiger partial charge on any atom is -0.308 e. The van der Waals surface area contributed by atoms with E-state index in [0.29, 0.717) is 22.5 Å². The molecule has 1 aliphatic heterocycles. The van der Waals surface area contributed by atoms with Crippen LogP contribution < -0.4 is 4.90 Å². The highest BCUT2D eigenvalue weighted by Gasteiger charge is 2.40. The number of carbonyl (C=O) groups is 2. The zero-order valence-corrected chi connectivity index (χ0v) is 34.7. The Morgan fingerprint density at radius 3 is 1.30 bits per heavy atom. The van der Waals surface area contributed by atoms with Gasteiger partial charge in [0.25, 0.3) is 11.8 Å². The summed E-state index contributed by atoms with van der Waals surface area (Å²) in [7, 11) is 0. The average Bonchev–Trinajstić information content (AvgIpc) is 3.69. The number of anilines is 1. The van der Waals surface area contributed by atoms with Crippen molar-refractivity contribution in [2.75, 3.05) is 4.90 Å². The Morgan fingerprint density at radius 1 is 0.367 bits per heavy atom. The van der Waals surface area contributed by atoms with E-state index in [1.54, 1.807) is 6.07 Å². The molecule has 0 unspecified atom stereocenters.